The Bertz CT molecular complexity index is 700. The van der Waals surface area contributed by atoms with Crippen molar-refractivity contribution in [1.82, 2.24) is 15.0 Å². The number of aliphatic hydroxyl groups excluding tert-OH is 1. The van der Waals surface area contributed by atoms with E-state index in [1.165, 1.54) is 16.8 Å². The molecule has 1 N–H and O–H groups in total. The molecule has 0 bridgehead atoms. The molecule has 1 aromatic heterocycles. The van der Waals surface area contributed by atoms with Gasteiger partial charge in [0.2, 0.25) is 0 Å². The van der Waals surface area contributed by atoms with Crippen molar-refractivity contribution >= 4 is 7.60 Å². The number of aromatic nitrogens is 3. The summed E-state index contributed by atoms with van der Waals surface area (Å²) < 4.78 is 37.3. The summed E-state index contributed by atoms with van der Waals surface area (Å²) in [7, 11) is -3.33. The maximum absolute atomic E-state index is 13.2. The fourth-order valence-electron chi connectivity index (χ4n) is 2.24. The minimum absolute atomic E-state index is 0.0758. The van der Waals surface area contributed by atoms with Crippen LogP contribution in [0, 0.1) is 5.82 Å². The zero-order valence-corrected chi connectivity index (χ0v) is 14.5. The van der Waals surface area contributed by atoms with E-state index in [1.54, 1.807) is 32.2 Å². The van der Waals surface area contributed by atoms with Crippen molar-refractivity contribution in [3.8, 4) is 11.3 Å². The van der Waals surface area contributed by atoms with Crippen LogP contribution in [0.2, 0.25) is 0 Å². The van der Waals surface area contributed by atoms with Crippen molar-refractivity contribution < 1.29 is 23.1 Å². The van der Waals surface area contributed by atoms with Gasteiger partial charge >= 0.3 is 7.60 Å². The molecule has 0 radical (unpaired) electrons. The van der Waals surface area contributed by atoms with Crippen molar-refractivity contribution in [2.45, 2.75) is 26.5 Å². The van der Waals surface area contributed by atoms with Crippen molar-refractivity contribution in [1.29, 1.82) is 0 Å². The predicted octanol–water partition coefficient (Wildman–Crippen LogP) is 2.71. The second-order valence-electron chi connectivity index (χ2n) is 5.12. The van der Waals surface area contributed by atoms with E-state index in [9.17, 15) is 14.1 Å². The molecule has 0 saturated heterocycles. The molecule has 0 saturated carbocycles. The Balaban J connectivity index is 2.02. The minimum atomic E-state index is -3.33. The van der Waals surface area contributed by atoms with Crippen LogP contribution < -0.4 is 0 Å². The number of hydrogen-bond acceptors (Lipinski definition) is 6. The second kappa shape index (κ2) is 8.48. The van der Waals surface area contributed by atoms with Crippen LogP contribution in [0.3, 0.4) is 0 Å². The normalized spacial score (nSPS) is 13.2. The first-order valence-electron chi connectivity index (χ1n) is 7.68. The van der Waals surface area contributed by atoms with E-state index in [-0.39, 0.29) is 31.7 Å². The van der Waals surface area contributed by atoms with Crippen LogP contribution in [0.5, 0.6) is 0 Å². The van der Waals surface area contributed by atoms with Crippen molar-refractivity contribution in [2.75, 3.05) is 19.4 Å². The summed E-state index contributed by atoms with van der Waals surface area (Å²) in [6.07, 6.45) is 0.477. The number of aliphatic hydroxyl groups is 1. The molecule has 0 aliphatic carbocycles. The molecule has 0 fully saturated rings. The maximum atomic E-state index is 13.2. The predicted molar refractivity (Wildman–Crippen MR) is 87.1 cm³/mol. The zero-order valence-electron chi connectivity index (χ0n) is 13.6. The lowest BCUT2D eigenvalue weighted by atomic mass is 10.2. The Morgan fingerprint density at radius 3 is 2.67 bits per heavy atom. The van der Waals surface area contributed by atoms with Gasteiger partial charge in [-0.2, -0.15) is 0 Å². The third-order valence-corrected chi connectivity index (χ3v) is 5.31. The monoisotopic (exact) mass is 357 g/mol. The summed E-state index contributed by atoms with van der Waals surface area (Å²) >= 11 is 0. The highest BCUT2D eigenvalue weighted by Gasteiger charge is 2.28. The topological polar surface area (TPSA) is 86.5 Å². The maximum Gasteiger partial charge on any atom is 0.333 e. The van der Waals surface area contributed by atoms with Crippen LogP contribution in [0.25, 0.3) is 11.3 Å². The molecule has 0 aliphatic heterocycles. The molecule has 0 aliphatic rings. The lowest BCUT2D eigenvalue weighted by Gasteiger charge is -2.19. The number of nitrogens with zero attached hydrogens (tertiary/aromatic N) is 3. The highest BCUT2D eigenvalue weighted by Crippen LogP contribution is 2.48. The molecule has 7 nitrogen and oxygen atoms in total. The number of hydrogen-bond donors (Lipinski definition) is 1. The highest BCUT2D eigenvalue weighted by molar-refractivity contribution is 7.53. The van der Waals surface area contributed by atoms with Crippen LogP contribution in [0.15, 0.2) is 30.5 Å². The molecular weight excluding hydrogens is 336 g/mol. The summed E-state index contributed by atoms with van der Waals surface area (Å²) in [5.74, 6) is -0.364. The van der Waals surface area contributed by atoms with Crippen LogP contribution in [-0.2, 0) is 20.2 Å². The second-order valence-corrected chi connectivity index (χ2v) is 7.22. The number of halogens is 1. The first kappa shape index (κ1) is 18.7. The molecule has 0 unspecified atom stereocenters. The van der Waals surface area contributed by atoms with Gasteiger partial charge in [0.05, 0.1) is 38.2 Å². The van der Waals surface area contributed by atoms with Gasteiger partial charge in [-0.15, -0.1) is 5.10 Å². The first-order chi connectivity index (χ1) is 11.5. The smallest absolute Gasteiger partial charge is 0.333 e. The standard InChI is InChI=1S/C15H21FN3O4P/c1-3-22-24(21,23-4-2)11-14(20)9-19-10-15(17-18-19)12-6-5-7-13(16)8-12/h5-8,10,14,20H,3-4,9,11H2,1-2H3/t14-/m1/s1. The summed E-state index contributed by atoms with van der Waals surface area (Å²) in [5.41, 5.74) is 1.07. The summed E-state index contributed by atoms with van der Waals surface area (Å²) in [6, 6.07) is 5.99. The van der Waals surface area contributed by atoms with Crippen LogP contribution >= 0.6 is 7.60 Å². The molecule has 24 heavy (non-hydrogen) atoms. The Kier molecular flexibility index (Phi) is 6.62. The molecule has 0 amide bonds. The fraction of sp³-hybridized carbons (Fsp3) is 0.467. The van der Waals surface area contributed by atoms with Crippen LogP contribution in [-0.4, -0.2) is 45.6 Å². The molecule has 1 aromatic carbocycles. The van der Waals surface area contributed by atoms with E-state index in [0.29, 0.717) is 11.3 Å². The van der Waals surface area contributed by atoms with Gasteiger partial charge in [0.25, 0.3) is 0 Å². The Morgan fingerprint density at radius 1 is 1.33 bits per heavy atom. The highest BCUT2D eigenvalue weighted by atomic mass is 31.2. The fourth-order valence-corrected chi connectivity index (χ4v) is 3.94. The summed E-state index contributed by atoms with van der Waals surface area (Å²) in [5, 5.41) is 18.0. The number of rotatable bonds is 9. The molecule has 2 aromatic rings. The molecule has 1 atom stereocenters. The average molecular weight is 357 g/mol. The van der Waals surface area contributed by atoms with E-state index < -0.39 is 13.7 Å². The third kappa shape index (κ3) is 5.21. The quantitative estimate of drug-likeness (QED) is 0.695. The van der Waals surface area contributed by atoms with Crippen molar-refractivity contribution in [2.24, 2.45) is 0 Å². The van der Waals surface area contributed by atoms with E-state index in [1.807, 2.05) is 0 Å². The minimum Gasteiger partial charge on any atom is -0.391 e. The van der Waals surface area contributed by atoms with Crippen molar-refractivity contribution in [3.63, 3.8) is 0 Å². The molecular formula is C15H21FN3O4P. The van der Waals surface area contributed by atoms with Gasteiger partial charge in [-0.3, -0.25) is 4.57 Å². The van der Waals surface area contributed by atoms with Crippen LogP contribution in [0.1, 0.15) is 13.8 Å². The molecule has 1 heterocycles. The van der Waals surface area contributed by atoms with Gasteiger partial charge in [0, 0.05) is 5.56 Å². The van der Waals surface area contributed by atoms with Crippen molar-refractivity contribution in [3.05, 3.63) is 36.3 Å². The Hall–Kier alpha value is -1.60. The average Bonchev–Trinajstić information content (AvgIpc) is 2.95. The summed E-state index contributed by atoms with van der Waals surface area (Å²) in [6.45, 7) is 3.96. The zero-order chi connectivity index (χ0) is 17.6. The van der Waals surface area contributed by atoms with E-state index in [4.69, 9.17) is 9.05 Å². The molecule has 0 spiro atoms. The van der Waals surface area contributed by atoms with E-state index in [0.717, 1.165) is 0 Å². The van der Waals surface area contributed by atoms with Gasteiger partial charge in [0.15, 0.2) is 0 Å². The van der Waals surface area contributed by atoms with E-state index in [2.05, 4.69) is 10.3 Å². The van der Waals surface area contributed by atoms with Gasteiger partial charge < -0.3 is 14.2 Å². The Labute approximate surface area is 139 Å². The Morgan fingerprint density at radius 2 is 2.04 bits per heavy atom. The van der Waals surface area contributed by atoms with Gasteiger partial charge in [-0.25, -0.2) is 9.07 Å². The number of benzene rings is 1. The van der Waals surface area contributed by atoms with Crippen LogP contribution in [0.4, 0.5) is 4.39 Å². The lowest BCUT2D eigenvalue weighted by Crippen LogP contribution is -2.22. The summed E-state index contributed by atoms with van der Waals surface area (Å²) in [4.78, 5) is 0. The molecule has 132 valence electrons. The SMILES string of the molecule is CCOP(=O)(C[C@H](O)Cn1cc(-c2cccc(F)c2)nn1)OCC. The molecule has 9 heteroatoms. The third-order valence-electron chi connectivity index (χ3n) is 3.14. The largest absolute Gasteiger partial charge is 0.391 e. The molecule has 2 rings (SSSR count). The van der Waals surface area contributed by atoms with Gasteiger partial charge in [0.1, 0.15) is 11.5 Å². The van der Waals surface area contributed by atoms with Gasteiger partial charge in [-0.05, 0) is 26.0 Å². The lowest BCUT2D eigenvalue weighted by molar-refractivity contribution is 0.150. The first-order valence-corrected chi connectivity index (χ1v) is 9.41. The van der Waals surface area contributed by atoms with E-state index >= 15 is 0 Å². The van der Waals surface area contributed by atoms with Gasteiger partial charge in [-0.1, -0.05) is 17.3 Å².